The molecular weight excluding hydrogens is 346 g/mol. The zero-order chi connectivity index (χ0) is 15.7. The highest BCUT2D eigenvalue weighted by Gasteiger charge is 2.15. The Kier molecular flexibility index (Phi) is 3.77. The second-order valence-electron chi connectivity index (χ2n) is 4.76. The number of hydrogen-bond donors (Lipinski definition) is 1. The number of aromatic nitrogens is 2. The lowest BCUT2D eigenvalue weighted by Gasteiger charge is -2.10. The van der Waals surface area contributed by atoms with Crippen molar-refractivity contribution in [2.45, 2.75) is 0 Å². The minimum Gasteiger partial charge on any atom is -0.311 e. The second kappa shape index (κ2) is 5.73. The first-order valence-electron chi connectivity index (χ1n) is 6.58. The SMILES string of the molecule is Cn1c(=O)c(C(=O)Nc2ccccn2)cc2c(Br)cccc21. The molecule has 1 N–H and O–H groups in total. The largest absolute Gasteiger partial charge is 0.311 e. The molecule has 2 aromatic heterocycles. The van der Waals surface area contributed by atoms with Gasteiger partial charge in [0.15, 0.2) is 0 Å². The molecule has 3 rings (SSSR count). The van der Waals surface area contributed by atoms with Crippen molar-refractivity contribution in [2.75, 3.05) is 5.32 Å². The summed E-state index contributed by atoms with van der Waals surface area (Å²) < 4.78 is 2.29. The van der Waals surface area contributed by atoms with Crippen LogP contribution >= 0.6 is 15.9 Å². The first-order chi connectivity index (χ1) is 10.6. The summed E-state index contributed by atoms with van der Waals surface area (Å²) in [6.45, 7) is 0. The van der Waals surface area contributed by atoms with Crippen molar-refractivity contribution < 1.29 is 4.79 Å². The third-order valence-electron chi connectivity index (χ3n) is 3.37. The first-order valence-corrected chi connectivity index (χ1v) is 7.38. The molecule has 0 fully saturated rings. The van der Waals surface area contributed by atoms with Crippen LogP contribution in [0.2, 0.25) is 0 Å². The van der Waals surface area contributed by atoms with E-state index in [1.54, 1.807) is 37.5 Å². The van der Waals surface area contributed by atoms with Crippen LogP contribution in [0, 0.1) is 0 Å². The average Bonchev–Trinajstić information content (AvgIpc) is 2.52. The van der Waals surface area contributed by atoms with Gasteiger partial charge in [-0.15, -0.1) is 0 Å². The molecule has 0 radical (unpaired) electrons. The summed E-state index contributed by atoms with van der Waals surface area (Å²) in [5.41, 5.74) is 0.486. The van der Waals surface area contributed by atoms with Gasteiger partial charge in [0.2, 0.25) is 0 Å². The number of carbonyl (C=O) groups is 1. The van der Waals surface area contributed by atoms with Crippen LogP contribution in [0.1, 0.15) is 10.4 Å². The number of benzene rings is 1. The van der Waals surface area contributed by atoms with Crippen LogP contribution in [0.15, 0.2) is 57.9 Å². The zero-order valence-electron chi connectivity index (χ0n) is 11.7. The molecule has 22 heavy (non-hydrogen) atoms. The fourth-order valence-electron chi connectivity index (χ4n) is 2.24. The fourth-order valence-corrected chi connectivity index (χ4v) is 2.71. The molecule has 2 heterocycles. The van der Waals surface area contributed by atoms with Gasteiger partial charge in [0.1, 0.15) is 11.4 Å². The van der Waals surface area contributed by atoms with E-state index in [1.807, 2.05) is 18.2 Å². The Hall–Kier alpha value is -2.47. The summed E-state index contributed by atoms with van der Waals surface area (Å²) in [5.74, 6) is -0.0706. The van der Waals surface area contributed by atoms with Crippen LogP contribution < -0.4 is 10.9 Å². The number of rotatable bonds is 2. The molecule has 1 aromatic carbocycles. The van der Waals surface area contributed by atoms with Gasteiger partial charge >= 0.3 is 0 Å². The first kappa shape index (κ1) is 14.5. The van der Waals surface area contributed by atoms with E-state index < -0.39 is 5.91 Å². The van der Waals surface area contributed by atoms with E-state index in [0.717, 1.165) is 15.4 Å². The van der Waals surface area contributed by atoms with E-state index in [0.29, 0.717) is 5.82 Å². The van der Waals surface area contributed by atoms with Crippen LogP contribution in [0.3, 0.4) is 0 Å². The quantitative estimate of drug-likeness (QED) is 0.766. The van der Waals surface area contributed by atoms with Crippen LogP contribution in [-0.4, -0.2) is 15.5 Å². The van der Waals surface area contributed by atoms with Crippen molar-refractivity contribution in [3.05, 3.63) is 69.1 Å². The number of fused-ring (bicyclic) bond motifs is 1. The van der Waals surface area contributed by atoms with Crippen molar-refractivity contribution in [1.29, 1.82) is 0 Å². The molecule has 0 saturated carbocycles. The topological polar surface area (TPSA) is 64.0 Å². The number of amides is 1. The van der Waals surface area contributed by atoms with E-state index >= 15 is 0 Å². The van der Waals surface area contributed by atoms with Gasteiger partial charge < -0.3 is 9.88 Å². The van der Waals surface area contributed by atoms with Gasteiger partial charge in [-0.25, -0.2) is 4.98 Å². The Bertz CT molecular complexity index is 920. The van der Waals surface area contributed by atoms with Gasteiger partial charge in [0.25, 0.3) is 11.5 Å². The molecule has 0 spiro atoms. The van der Waals surface area contributed by atoms with E-state index in [9.17, 15) is 9.59 Å². The summed E-state index contributed by atoms with van der Waals surface area (Å²) in [4.78, 5) is 28.8. The molecule has 0 unspecified atom stereocenters. The molecule has 6 heteroatoms. The number of pyridine rings is 2. The number of aryl methyl sites for hydroxylation is 1. The zero-order valence-corrected chi connectivity index (χ0v) is 13.3. The molecule has 0 aliphatic heterocycles. The van der Waals surface area contributed by atoms with Crippen molar-refractivity contribution in [2.24, 2.45) is 7.05 Å². The highest BCUT2D eigenvalue weighted by molar-refractivity contribution is 9.10. The molecule has 1 amide bonds. The highest BCUT2D eigenvalue weighted by atomic mass is 79.9. The molecular formula is C16H12BrN3O2. The van der Waals surface area contributed by atoms with E-state index in [4.69, 9.17) is 0 Å². The van der Waals surface area contributed by atoms with Gasteiger partial charge in [-0.1, -0.05) is 28.1 Å². The van der Waals surface area contributed by atoms with Gasteiger partial charge in [-0.2, -0.15) is 0 Å². The maximum absolute atomic E-state index is 12.4. The molecule has 0 saturated heterocycles. The maximum Gasteiger partial charge on any atom is 0.263 e. The molecule has 0 atom stereocenters. The molecule has 110 valence electrons. The van der Waals surface area contributed by atoms with E-state index in [1.165, 1.54) is 4.57 Å². The van der Waals surface area contributed by atoms with Crippen molar-refractivity contribution >= 4 is 38.6 Å². The lowest BCUT2D eigenvalue weighted by Crippen LogP contribution is -2.28. The number of nitrogens with zero attached hydrogens (tertiary/aromatic N) is 2. The minimum atomic E-state index is -0.475. The number of anilines is 1. The third-order valence-corrected chi connectivity index (χ3v) is 4.06. The monoisotopic (exact) mass is 357 g/mol. The summed E-state index contributed by atoms with van der Waals surface area (Å²) in [6.07, 6.45) is 1.57. The Balaban J connectivity index is 2.11. The van der Waals surface area contributed by atoms with Crippen molar-refractivity contribution in [3.63, 3.8) is 0 Å². The fraction of sp³-hybridized carbons (Fsp3) is 0.0625. The Morgan fingerprint density at radius 2 is 2.05 bits per heavy atom. The smallest absolute Gasteiger partial charge is 0.263 e. The number of hydrogen-bond acceptors (Lipinski definition) is 3. The van der Waals surface area contributed by atoms with Gasteiger partial charge in [0.05, 0.1) is 5.52 Å². The molecule has 0 aliphatic carbocycles. The molecule has 3 aromatic rings. The van der Waals surface area contributed by atoms with Gasteiger partial charge in [-0.3, -0.25) is 9.59 Å². The minimum absolute atomic E-state index is 0.0764. The van der Waals surface area contributed by atoms with Crippen LogP contribution in [0.5, 0.6) is 0 Å². The summed E-state index contributed by atoms with van der Waals surface area (Å²) >= 11 is 3.45. The maximum atomic E-state index is 12.4. The highest BCUT2D eigenvalue weighted by Crippen LogP contribution is 2.23. The van der Waals surface area contributed by atoms with E-state index in [2.05, 4.69) is 26.2 Å². The Labute approximate surface area is 134 Å². The van der Waals surface area contributed by atoms with Crippen LogP contribution in [0.4, 0.5) is 5.82 Å². The Morgan fingerprint density at radius 1 is 1.23 bits per heavy atom. The number of halogens is 1. The second-order valence-corrected chi connectivity index (χ2v) is 5.62. The van der Waals surface area contributed by atoms with Gasteiger partial charge in [0, 0.05) is 23.1 Å². The Morgan fingerprint density at radius 3 is 2.77 bits per heavy atom. The summed E-state index contributed by atoms with van der Waals surface area (Å²) in [5, 5.41) is 3.43. The molecule has 0 aliphatic rings. The summed E-state index contributed by atoms with van der Waals surface area (Å²) in [6, 6.07) is 12.3. The number of nitrogens with one attached hydrogen (secondary N) is 1. The lowest BCUT2D eigenvalue weighted by molar-refractivity contribution is 0.102. The third kappa shape index (κ3) is 2.53. The standard InChI is InChI=1S/C16H12BrN3O2/c1-20-13-6-4-5-12(17)10(13)9-11(16(20)22)15(21)19-14-7-2-3-8-18-14/h2-9H,1H3,(H,18,19,21). The average molecular weight is 358 g/mol. The molecule has 0 bridgehead atoms. The normalized spacial score (nSPS) is 10.6. The summed E-state index contributed by atoms with van der Waals surface area (Å²) in [7, 11) is 1.65. The number of carbonyl (C=O) groups excluding carboxylic acids is 1. The van der Waals surface area contributed by atoms with Crippen molar-refractivity contribution in [3.8, 4) is 0 Å². The van der Waals surface area contributed by atoms with Crippen LogP contribution in [-0.2, 0) is 7.05 Å². The van der Waals surface area contributed by atoms with Gasteiger partial charge in [-0.05, 0) is 30.3 Å². The van der Waals surface area contributed by atoms with Crippen LogP contribution in [0.25, 0.3) is 10.9 Å². The molecule has 5 nitrogen and oxygen atoms in total. The van der Waals surface area contributed by atoms with E-state index in [-0.39, 0.29) is 11.1 Å². The predicted molar refractivity (Wildman–Crippen MR) is 89.1 cm³/mol. The van der Waals surface area contributed by atoms with Crippen molar-refractivity contribution in [1.82, 2.24) is 9.55 Å². The lowest BCUT2D eigenvalue weighted by atomic mass is 10.1. The predicted octanol–water partition coefficient (Wildman–Crippen LogP) is 2.95.